The molecule has 0 saturated heterocycles. The molecule has 0 saturated carbocycles. The van der Waals surface area contributed by atoms with Crippen molar-refractivity contribution in [1.82, 2.24) is 19.7 Å². The second kappa shape index (κ2) is 6.63. The van der Waals surface area contributed by atoms with E-state index in [0.717, 1.165) is 18.8 Å². The van der Waals surface area contributed by atoms with Gasteiger partial charge in [-0.05, 0) is 31.2 Å². The van der Waals surface area contributed by atoms with Crippen LogP contribution in [0.3, 0.4) is 0 Å². The molecule has 2 N–H and O–H groups in total. The van der Waals surface area contributed by atoms with Crippen molar-refractivity contribution in [2.45, 2.75) is 26.4 Å². The van der Waals surface area contributed by atoms with Crippen LogP contribution >= 0.6 is 0 Å². The number of hydrogen-bond acceptors (Lipinski definition) is 4. The van der Waals surface area contributed by atoms with Crippen molar-refractivity contribution < 1.29 is 0 Å². The first kappa shape index (κ1) is 14.7. The summed E-state index contributed by atoms with van der Waals surface area (Å²) < 4.78 is 1.85. The minimum absolute atomic E-state index is 0.196. The summed E-state index contributed by atoms with van der Waals surface area (Å²) in [6.07, 6.45) is 5.73. The van der Waals surface area contributed by atoms with E-state index in [1.54, 1.807) is 0 Å². The monoisotopic (exact) mass is 273 g/mol. The lowest BCUT2D eigenvalue weighted by atomic mass is 10.1. The molecule has 0 aromatic carbocycles. The molecule has 0 aliphatic carbocycles. The highest BCUT2D eigenvalue weighted by atomic mass is 15.3. The molecule has 2 aromatic heterocycles. The van der Waals surface area contributed by atoms with Crippen LogP contribution < -0.4 is 5.73 Å². The van der Waals surface area contributed by atoms with Crippen LogP contribution in [0.1, 0.15) is 29.8 Å². The van der Waals surface area contributed by atoms with Crippen LogP contribution in [0.5, 0.6) is 0 Å². The van der Waals surface area contributed by atoms with Gasteiger partial charge < -0.3 is 5.73 Å². The number of aromatic nitrogens is 3. The van der Waals surface area contributed by atoms with E-state index in [1.807, 2.05) is 43.2 Å². The Morgan fingerprint density at radius 3 is 2.55 bits per heavy atom. The number of likely N-dealkylation sites (N-methyl/N-ethyl adjacent to an activating group) is 1. The summed E-state index contributed by atoms with van der Waals surface area (Å²) in [7, 11) is 1.95. The normalized spacial score (nSPS) is 12.8. The molecule has 20 heavy (non-hydrogen) atoms. The van der Waals surface area contributed by atoms with E-state index >= 15 is 0 Å². The number of aryl methyl sites for hydroxylation is 2. The number of pyridine rings is 1. The lowest BCUT2D eigenvalue weighted by Crippen LogP contribution is -2.33. The van der Waals surface area contributed by atoms with Crippen molar-refractivity contribution in [3.63, 3.8) is 0 Å². The Morgan fingerprint density at radius 1 is 1.35 bits per heavy atom. The maximum Gasteiger partial charge on any atom is 0.0641 e. The average molecular weight is 273 g/mol. The lowest BCUT2D eigenvalue weighted by Gasteiger charge is -2.29. The van der Waals surface area contributed by atoms with Crippen LogP contribution in [0.25, 0.3) is 0 Å². The van der Waals surface area contributed by atoms with Crippen molar-refractivity contribution in [2.24, 2.45) is 12.8 Å². The molecule has 0 aliphatic heterocycles. The molecule has 108 valence electrons. The molecule has 0 amide bonds. The van der Waals surface area contributed by atoms with Gasteiger partial charge in [0.25, 0.3) is 0 Å². The zero-order chi connectivity index (χ0) is 14.5. The van der Waals surface area contributed by atoms with Crippen LogP contribution in [0.4, 0.5) is 0 Å². The molecule has 1 unspecified atom stereocenters. The van der Waals surface area contributed by atoms with Crippen LogP contribution in [-0.2, 0) is 13.6 Å². The molecule has 0 bridgehead atoms. The van der Waals surface area contributed by atoms with E-state index < -0.39 is 0 Å². The van der Waals surface area contributed by atoms with Gasteiger partial charge in [-0.3, -0.25) is 14.6 Å². The van der Waals surface area contributed by atoms with Gasteiger partial charge in [0.1, 0.15) is 0 Å². The predicted octanol–water partition coefficient (Wildman–Crippen LogP) is 1.65. The third kappa shape index (κ3) is 3.23. The molecule has 5 heteroatoms. The molecule has 0 spiro atoms. The first-order valence-electron chi connectivity index (χ1n) is 6.98. The van der Waals surface area contributed by atoms with Crippen molar-refractivity contribution >= 4 is 0 Å². The molecule has 0 aliphatic rings. The highest BCUT2D eigenvalue weighted by molar-refractivity contribution is 5.21. The fraction of sp³-hybridized carbons (Fsp3) is 0.467. The van der Waals surface area contributed by atoms with Crippen LogP contribution in [0.15, 0.2) is 30.7 Å². The molecular formula is C15H23N5. The molecule has 0 fully saturated rings. The average Bonchev–Trinajstić information content (AvgIpc) is 2.78. The lowest BCUT2D eigenvalue weighted by molar-refractivity contribution is 0.203. The second-order valence-electron chi connectivity index (χ2n) is 5.01. The number of rotatable bonds is 6. The quantitative estimate of drug-likeness (QED) is 0.869. The zero-order valence-corrected chi connectivity index (χ0v) is 12.5. The maximum absolute atomic E-state index is 6.02. The van der Waals surface area contributed by atoms with Crippen LogP contribution in [0.2, 0.25) is 0 Å². The SMILES string of the molecule is CCN(Cc1ccncc1)C(CN)c1cn(C)nc1C. The van der Waals surface area contributed by atoms with E-state index in [1.165, 1.54) is 11.1 Å². The number of nitrogens with two attached hydrogens (primary N) is 1. The van der Waals surface area contributed by atoms with Gasteiger partial charge in [-0.25, -0.2) is 0 Å². The third-order valence-electron chi connectivity index (χ3n) is 3.62. The first-order chi connectivity index (χ1) is 9.65. The summed E-state index contributed by atoms with van der Waals surface area (Å²) in [5.41, 5.74) is 9.54. The maximum atomic E-state index is 6.02. The Morgan fingerprint density at radius 2 is 2.05 bits per heavy atom. The molecule has 2 rings (SSSR count). The van der Waals surface area contributed by atoms with E-state index in [0.29, 0.717) is 6.54 Å². The van der Waals surface area contributed by atoms with E-state index in [-0.39, 0.29) is 6.04 Å². The van der Waals surface area contributed by atoms with Gasteiger partial charge in [-0.1, -0.05) is 6.92 Å². The van der Waals surface area contributed by atoms with Gasteiger partial charge >= 0.3 is 0 Å². The Kier molecular flexibility index (Phi) is 4.87. The first-order valence-corrected chi connectivity index (χ1v) is 6.98. The molecule has 0 radical (unpaired) electrons. The smallest absolute Gasteiger partial charge is 0.0641 e. The molecular weight excluding hydrogens is 250 g/mol. The topological polar surface area (TPSA) is 60.0 Å². The van der Waals surface area contributed by atoms with Crippen LogP contribution in [-0.4, -0.2) is 32.8 Å². The van der Waals surface area contributed by atoms with Gasteiger partial charge in [0, 0.05) is 44.3 Å². The highest BCUT2D eigenvalue weighted by Crippen LogP contribution is 2.23. The summed E-state index contributed by atoms with van der Waals surface area (Å²) in [6.45, 7) is 6.60. The van der Waals surface area contributed by atoms with Gasteiger partial charge in [0.2, 0.25) is 0 Å². The van der Waals surface area contributed by atoms with Gasteiger partial charge in [0.15, 0.2) is 0 Å². The summed E-state index contributed by atoms with van der Waals surface area (Å²) in [5, 5.41) is 4.43. The van der Waals surface area contributed by atoms with E-state index in [4.69, 9.17) is 5.73 Å². The molecule has 5 nitrogen and oxygen atoms in total. The summed E-state index contributed by atoms with van der Waals surface area (Å²) in [4.78, 5) is 6.44. The minimum Gasteiger partial charge on any atom is -0.329 e. The Bertz CT molecular complexity index is 534. The van der Waals surface area contributed by atoms with Crippen molar-refractivity contribution in [2.75, 3.05) is 13.1 Å². The summed E-state index contributed by atoms with van der Waals surface area (Å²) in [6, 6.07) is 4.29. The Labute approximate surface area is 120 Å². The van der Waals surface area contributed by atoms with Crippen LogP contribution in [0, 0.1) is 6.92 Å². The number of nitrogens with zero attached hydrogens (tertiary/aromatic N) is 4. The standard InChI is InChI=1S/C15H23N5/c1-4-20(10-13-5-7-17-8-6-13)15(9-16)14-11-19(3)18-12(14)2/h5-8,11,15H,4,9-10,16H2,1-3H3. The van der Waals surface area contributed by atoms with Gasteiger partial charge in [-0.2, -0.15) is 5.10 Å². The second-order valence-corrected chi connectivity index (χ2v) is 5.01. The third-order valence-corrected chi connectivity index (χ3v) is 3.62. The van der Waals surface area contributed by atoms with Gasteiger partial charge in [-0.15, -0.1) is 0 Å². The molecule has 2 heterocycles. The minimum atomic E-state index is 0.196. The fourth-order valence-corrected chi connectivity index (χ4v) is 2.58. The van der Waals surface area contributed by atoms with Crippen molar-refractivity contribution in [3.8, 4) is 0 Å². The van der Waals surface area contributed by atoms with E-state index in [9.17, 15) is 0 Å². The van der Waals surface area contributed by atoms with Crippen molar-refractivity contribution in [3.05, 3.63) is 47.5 Å². The van der Waals surface area contributed by atoms with Crippen molar-refractivity contribution in [1.29, 1.82) is 0 Å². The Hall–Kier alpha value is -1.72. The molecule has 1 atom stereocenters. The number of hydrogen-bond donors (Lipinski definition) is 1. The van der Waals surface area contributed by atoms with Gasteiger partial charge in [0.05, 0.1) is 11.7 Å². The largest absolute Gasteiger partial charge is 0.329 e. The van der Waals surface area contributed by atoms with E-state index in [2.05, 4.69) is 28.1 Å². The predicted molar refractivity (Wildman–Crippen MR) is 80.1 cm³/mol. The zero-order valence-electron chi connectivity index (χ0n) is 12.5. The highest BCUT2D eigenvalue weighted by Gasteiger charge is 2.21. The summed E-state index contributed by atoms with van der Waals surface area (Å²) in [5.74, 6) is 0. The fourth-order valence-electron chi connectivity index (χ4n) is 2.58. The Balaban J connectivity index is 2.22. The molecule has 2 aromatic rings. The summed E-state index contributed by atoms with van der Waals surface area (Å²) >= 11 is 0.